The molecule has 2 aromatic rings. The highest BCUT2D eigenvalue weighted by Gasteiger charge is 2.05. The van der Waals surface area contributed by atoms with Gasteiger partial charge in [0, 0.05) is 38.6 Å². The molecule has 0 aliphatic rings. The zero-order valence-electron chi connectivity index (χ0n) is 10.7. The summed E-state index contributed by atoms with van der Waals surface area (Å²) in [7, 11) is 1.72. The smallest absolute Gasteiger partial charge is 0.0682 e. The second-order valence-electron chi connectivity index (χ2n) is 4.19. The average Bonchev–Trinajstić information content (AvgIpc) is 2.87. The van der Waals surface area contributed by atoms with Crippen LogP contribution in [-0.4, -0.2) is 23.5 Å². The molecular formula is C14H19N3O. The maximum atomic E-state index is 5.67. The summed E-state index contributed by atoms with van der Waals surface area (Å²) >= 11 is 0. The van der Waals surface area contributed by atoms with Gasteiger partial charge in [0.2, 0.25) is 0 Å². The molecule has 1 heterocycles. The standard InChI is InChI=1S/C14H19N3O/c1-18-9-3-8-17-14(6-7-16-17)13-5-2-4-12(10-13)11-15/h2,4-7,10H,3,8-9,11,15H2,1H3. The van der Waals surface area contributed by atoms with Gasteiger partial charge in [0.15, 0.2) is 0 Å². The third-order valence-electron chi connectivity index (χ3n) is 2.89. The van der Waals surface area contributed by atoms with E-state index in [0.29, 0.717) is 6.54 Å². The van der Waals surface area contributed by atoms with Gasteiger partial charge in [0.05, 0.1) is 5.69 Å². The fourth-order valence-corrected chi connectivity index (χ4v) is 1.97. The van der Waals surface area contributed by atoms with Gasteiger partial charge < -0.3 is 10.5 Å². The Labute approximate surface area is 107 Å². The van der Waals surface area contributed by atoms with Crippen molar-refractivity contribution in [1.82, 2.24) is 9.78 Å². The number of nitrogens with two attached hydrogens (primary N) is 1. The van der Waals surface area contributed by atoms with Crippen LogP contribution < -0.4 is 5.73 Å². The molecule has 0 radical (unpaired) electrons. The quantitative estimate of drug-likeness (QED) is 0.792. The minimum absolute atomic E-state index is 0.561. The molecule has 0 aliphatic carbocycles. The normalized spacial score (nSPS) is 10.8. The second-order valence-corrected chi connectivity index (χ2v) is 4.19. The monoisotopic (exact) mass is 245 g/mol. The van der Waals surface area contributed by atoms with E-state index in [2.05, 4.69) is 17.2 Å². The maximum Gasteiger partial charge on any atom is 0.0682 e. The predicted octanol–water partition coefficient (Wildman–Crippen LogP) is 2.05. The highest BCUT2D eigenvalue weighted by atomic mass is 16.5. The minimum atomic E-state index is 0.561. The molecule has 0 amide bonds. The Morgan fingerprint density at radius 1 is 1.33 bits per heavy atom. The number of aromatic nitrogens is 2. The molecule has 0 spiro atoms. The Balaban J connectivity index is 2.19. The van der Waals surface area contributed by atoms with Crippen molar-refractivity contribution in [3.8, 4) is 11.3 Å². The SMILES string of the molecule is COCCCn1nccc1-c1cccc(CN)c1. The van der Waals surface area contributed by atoms with Crippen molar-refractivity contribution >= 4 is 0 Å². The average molecular weight is 245 g/mol. The van der Waals surface area contributed by atoms with Crippen LogP contribution >= 0.6 is 0 Å². The van der Waals surface area contributed by atoms with Gasteiger partial charge >= 0.3 is 0 Å². The molecular weight excluding hydrogens is 226 g/mol. The molecule has 18 heavy (non-hydrogen) atoms. The zero-order chi connectivity index (χ0) is 12.8. The fourth-order valence-electron chi connectivity index (χ4n) is 1.97. The molecule has 0 saturated heterocycles. The molecule has 1 aromatic carbocycles. The zero-order valence-corrected chi connectivity index (χ0v) is 10.7. The van der Waals surface area contributed by atoms with E-state index in [-0.39, 0.29) is 0 Å². The molecule has 0 saturated carbocycles. The second kappa shape index (κ2) is 6.33. The lowest BCUT2D eigenvalue weighted by Gasteiger charge is -2.08. The first-order chi connectivity index (χ1) is 8.85. The van der Waals surface area contributed by atoms with E-state index in [0.717, 1.165) is 36.4 Å². The highest BCUT2D eigenvalue weighted by molar-refractivity contribution is 5.60. The van der Waals surface area contributed by atoms with Gasteiger partial charge in [-0.25, -0.2) is 0 Å². The largest absolute Gasteiger partial charge is 0.385 e. The van der Waals surface area contributed by atoms with Gasteiger partial charge in [-0.2, -0.15) is 5.10 Å². The van der Waals surface area contributed by atoms with Crippen LogP contribution in [-0.2, 0) is 17.8 Å². The van der Waals surface area contributed by atoms with Crippen molar-refractivity contribution in [2.75, 3.05) is 13.7 Å². The van der Waals surface area contributed by atoms with Crippen LogP contribution in [0.25, 0.3) is 11.3 Å². The predicted molar refractivity (Wildman–Crippen MR) is 72.0 cm³/mol. The lowest BCUT2D eigenvalue weighted by Crippen LogP contribution is -2.05. The number of aryl methyl sites for hydroxylation is 1. The number of rotatable bonds is 6. The van der Waals surface area contributed by atoms with E-state index in [9.17, 15) is 0 Å². The van der Waals surface area contributed by atoms with Gasteiger partial charge in [-0.15, -0.1) is 0 Å². The number of ether oxygens (including phenoxy) is 1. The van der Waals surface area contributed by atoms with Gasteiger partial charge in [-0.05, 0) is 24.1 Å². The highest BCUT2D eigenvalue weighted by Crippen LogP contribution is 2.20. The van der Waals surface area contributed by atoms with Crippen LogP contribution in [0.5, 0.6) is 0 Å². The van der Waals surface area contributed by atoms with E-state index in [4.69, 9.17) is 10.5 Å². The van der Waals surface area contributed by atoms with Crippen molar-refractivity contribution in [3.05, 3.63) is 42.1 Å². The van der Waals surface area contributed by atoms with Gasteiger partial charge in [0.25, 0.3) is 0 Å². The fraction of sp³-hybridized carbons (Fsp3) is 0.357. The molecule has 0 unspecified atom stereocenters. The molecule has 0 atom stereocenters. The van der Waals surface area contributed by atoms with Gasteiger partial charge in [-0.3, -0.25) is 4.68 Å². The van der Waals surface area contributed by atoms with Gasteiger partial charge in [0.1, 0.15) is 0 Å². The third-order valence-corrected chi connectivity index (χ3v) is 2.89. The van der Waals surface area contributed by atoms with E-state index in [1.54, 1.807) is 7.11 Å². The first-order valence-electron chi connectivity index (χ1n) is 6.15. The lowest BCUT2D eigenvalue weighted by atomic mass is 10.1. The summed E-state index contributed by atoms with van der Waals surface area (Å²) in [5, 5.41) is 4.35. The van der Waals surface area contributed by atoms with Crippen molar-refractivity contribution in [2.45, 2.75) is 19.5 Å². The molecule has 0 bridgehead atoms. The summed E-state index contributed by atoms with van der Waals surface area (Å²) in [6.07, 6.45) is 2.79. The molecule has 2 N–H and O–H groups in total. The number of hydrogen-bond acceptors (Lipinski definition) is 3. The number of hydrogen-bond donors (Lipinski definition) is 1. The number of nitrogens with zero attached hydrogens (tertiary/aromatic N) is 2. The van der Waals surface area contributed by atoms with E-state index in [1.165, 1.54) is 0 Å². The molecule has 4 nitrogen and oxygen atoms in total. The van der Waals surface area contributed by atoms with E-state index < -0.39 is 0 Å². The Morgan fingerprint density at radius 2 is 2.22 bits per heavy atom. The summed E-state index contributed by atoms with van der Waals surface area (Å²) in [6, 6.07) is 10.3. The van der Waals surface area contributed by atoms with E-state index in [1.807, 2.05) is 29.1 Å². The lowest BCUT2D eigenvalue weighted by molar-refractivity contribution is 0.189. The summed E-state index contributed by atoms with van der Waals surface area (Å²) in [6.45, 7) is 2.18. The van der Waals surface area contributed by atoms with Crippen molar-refractivity contribution in [3.63, 3.8) is 0 Å². The number of benzene rings is 1. The Kier molecular flexibility index (Phi) is 4.50. The summed E-state index contributed by atoms with van der Waals surface area (Å²) in [4.78, 5) is 0. The Morgan fingerprint density at radius 3 is 3.00 bits per heavy atom. The summed E-state index contributed by atoms with van der Waals surface area (Å²) < 4.78 is 7.07. The van der Waals surface area contributed by atoms with Crippen LogP contribution in [0, 0.1) is 0 Å². The molecule has 4 heteroatoms. The Hall–Kier alpha value is -1.65. The van der Waals surface area contributed by atoms with Crippen LogP contribution in [0.15, 0.2) is 36.5 Å². The first-order valence-corrected chi connectivity index (χ1v) is 6.15. The van der Waals surface area contributed by atoms with Crippen LogP contribution in [0.1, 0.15) is 12.0 Å². The summed E-state index contributed by atoms with van der Waals surface area (Å²) in [5.74, 6) is 0. The minimum Gasteiger partial charge on any atom is -0.385 e. The molecule has 1 aromatic heterocycles. The maximum absolute atomic E-state index is 5.67. The van der Waals surface area contributed by atoms with Crippen LogP contribution in [0.2, 0.25) is 0 Å². The van der Waals surface area contributed by atoms with Crippen LogP contribution in [0.3, 0.4) is 0 Å². The van der Waals surface area contributed by atoms with Gasteiger partial charge in [-0.1, -0.05) is 18.2 Å². The van der Waals surface area contributed by atoms with Crippen molar-refractivity contribution in [2.24, 2.45) is 5.73 Å². The number of methoxy groups -OCH3 is 1. The molecule has 0 fully saturated rings. The molecule has 0 aliphatic heterocycles. The topological polar surface area (TPSA) is 53.1 Å². The van der Waals surface area contributed by atoms with Crippen molar-refractivity contribution in [1.29, 1.82) is 0 Å². The first kappa shape index (κ1) is 12.8. The van der Waals surface area contributed by atoms with E-state index >= 15 is 0 Å². The Bertz CT molecular complexity index is 493. The summed E-state index contributed by atoms with van der Waals surface area (Å²) in [5.41, 5.74) is 9.09. The molecule has 96 valence electrons. The van der Waals surface area contributed by atoms with Crippen molar-refractivity contribution < 1.29 is 4.74 Å². The third kappa shape index (κ3) is 2.97. The van der Waals surface area contributed by atoms with Crippen LogP contribution in [0.4, 0.5) is 0 Å². The molecule has 2 rings (SSSR count).